The van der Waals surface area contributed by atoms with Gasteiger partial charge in [0, 0.05) is 6.42 Å². The summed E-state index contributed by atoms with van der Waals surface area (Å²) in [4.78, 5) is 12.9. The van der Waals surface area contributed by atoms with Crippen molar-refractivity contribution < 1.29 is 39.8 Å². The van der Waals surface area contributed by atoms with Gasteiger partial charge in [0.1, 0.15) is 24.4 Å². The molecule has 1 heterocycles. The van der Waals surface area contributed by atoms with Crippen LogP contribution in [0.25, 0.3) is 0 Å². The molecular weight excluding hydrogens is 598 g/mol. The second-order valence-electron chi connectivity index (χ2n) is 14.1. The van der Waals surface area contributed by atoms with Crippen molar-refractivity contribution in [3.8, 4) is 0 Å². The second kappa shape index (κ2) is 30.1. The van der Waals surface area contributed by atoms with E-state index in [1.807, 2.05) is 0 Å². The van der Waals surface area contributed by atoms with Gasteiger partial charge in [-0.1, -0.05) is 162 Å². The quantitative estimate of drug-likeness (QED) is 0.0426. The van der Waals surface area contributed by atoms with Crippen molar-refractivity contribution in [2.45, 2.75) is 224 Å². The van der Waals surface area contributed by atoms with Crippen LogP contribution in [-0.2, 0) is 14.3 Å². The molecule has 0 spiro atoms. The molecule has 1 fully saturated rings. The molecule has 0 aromatic carbocycles. The average Bonchev–Trinajstić information content (AvgIpc) is 3.07. The van der Waals surface area contributed by atoms with Crippen LogP contribution in [0.4, 0.5) is 0 Å². The number of carbonyl (C=O) groups excluding carboxylic acids is 1. The molecule has 0 saturated carbocycles. The molecule has 6 N–H and O–H groups in total. The standard InChI is InChI=1S/C38H75NO8/c1-3-5-7-9-11-13-15-17-19-21-23-25-27-32(41)31(30-46-38-37(45)36(44)35(43)33(29-40)47-38)39-34(42)28-26-24-22-20-18-16-14-12-10-8-6-4-2/h31-33,35-38,40-41,43-45H,3-30H2,1-2H3,(H,39,42)/t31-,32+,33+,35+,36?,37?,38+/m0/s1. The molecule has 1 rings (SSSR count). The van der Waals surface area contributed by atoms with Crippen molar-refractivity contribution in [1.82, 2.24) is 5.32 Å². The highest BCUT2D eigenvalue weighted by atomic mass is 16.7. The molecule has 2 unspecified atom stereocenters. The van der Waals surface area contributed by atoms with Crippen LogP contribution >= 0.6 is 0 Å². The van der Waals surface area contributed by atoms with Crippen LogP contribution < -0.4 is 5.32 Å². The van der Waals surface area contributed by atoms with Crippen LogP contribution in [0.5, 0.6) is 0 Å². The average molecular weight is 674 g/mol. The minimum Gasteiger partial charge on any atom is -0.394 e. The molecular formula is C38H75NO8. The molecule has 0 aromatic heterocycles. The van der Waals surface area contributed by atoms with Crippen LogP contribution in [-0.4, -0.2) is 87.5 Å². The minimum absolute atomic E-state index is 0.133. The molecule has 7 atom stereocenters. The Balaban J connectivity index is 2.41. The van der Waals surface area contributed by atoms with Gasteiger partial charge in [-0.3, -0.25) is 4.79 Å². The molecule has 0 aliphatic carbocycles. The van der Waals surface area contributed by atoms with Crippen LogP contribution in [0.15, 0.2) is 0 Å². The number of nitrogens with one attached hydrogen (secondary N) is 1. The highest BCUT2D eigenvalue weighted by Gasteiger charge is 2.44. The Morgan fingerprint density at radius 2 is 1.06 bits per heavy atom. The molecule has 1 aliphatic heterocycles. The highest BCUT2D eigenvalue weighted by Crippen LogP contribution is 2.23. The highest BCUT2D eigenvalue weighted by molar-refractivity contribution is 5.76. The fraction of sp³-hybridized carbons (Fsp3) is 0.974. The number of amides is 1. The summed E-state index contributed by atoms with van der Waals surface area (Å²) in [6, 6.07) is -0.708. The maximum Gasteiger partial charge on any atom is 0.220 e. The summed E-state index contributed by atoms with van der Waals surface area (Å²) in [5, 5.41) is 54.0. The lowest BCUT2D eigenvalue weighted by Gasteiger charge is -2.40. The normalized spacial score (nSPS) is 22.7. The van der Waals surface area contributed by atoms with Crippen molar-refractivity contribution in [3.05, 3.63) is 0 Å². The van der Waals surface area contributed by atoms with E-state index in [1.165, 1.54) is 116 Å². The third kappa shape index (κ3) is 21.8. The molecule has 1 amide bonds. The Bertz CT molecular complexity index is 711. The summed E-state index contributed by atoms with van der Waals surface area (Å²) >= 11 is 0. The first-order valence-electron chi connectivity index (χ1n) is 19.7. The van der Waals surface area contributed by atoms with E-state index in [-0.39, 0.29) is 12.5 Å². The van der Waals surface area contributed by atoms with E-state index < -0.39 is 49.5 Å². The van der Waals surface area contributed by atoms with Gasteiger partial charge >= 0.3 is 0 Å². The number of ether oxygens (including phenoxy) is 2. The van der Waals surface area contributed by atoms with E-state index in [9.17, 15) is 30.3 Å². The van der Waals surface area contributed by atoms with Crippen LogP contribution in [0, 0.1) is 0 Å². The molecule has 1 saturated heterocycles. The van der Waals surface area contributed by atoms with Gasteiger partial charge in [-0.05, 0) is 12.8 Å². The van der Waals surface area contributed by atoms with E-state index in [4.69, 9.17) is 9.47 Å². The van der Waals surface area contributed by atoms with E-state index in [2.05, 4.69) is 19.2 Å². The number of rotatable bonds is 32. The SMILES string of the molecule is CCCCCCCCCCCCCCC(=O)N[C@@H](CO[C@@H]1O[C@H](CO)[C@@H](O)C(O)C1O)[C@H](O)CCCCCCCCCCCCCC. The summed E-state index contributed by atoms with van der Waals surface area (Å²) in [5.41, 5.74) is 0. The smallest absolute Gasteiger partial charge is 0.220 e. The Morgan fingerprint density at radius 1 is 0.638 bits per heavy atom. The molecule has 9 nitrogen and oxygen atoms in total. The summed E-state index contributed by atoms with van der Waals surface area (Å²) in [7, 11) is 0. The number of carbonyl (C=O) groups is 1. The summed E-state index contributed by atoms with van der Waals surface area (Å²) < 4.78 is 11.2. The molecule has 280 valence electrons. The van der Waals surface area contributed by atoms with Gasteiger partial charge in [0.05, 0.1) is 25.4 Å². The summed E-state index contributed by atoms with van der Waals surface area (Å²) in [5.74, 6) is -0.145. The fourth-order valence-electron chi connectivity index (χ4n) is 6.45. The van der Waals surface area contributed by atoms with E-state index in [1.54, 1.807) is 0 Å². The first kappa shape index (κ1) is 44.2. The zero-order valence-corrected chi connectivity index (χ0v) is 30.3. The van der Waals surface area contributed by atoms with Crippen molar-refractivity contribution in [1.29, 1.82) is 0 Å². The summed E-state index contributed by atoms with van der Waals surface area (Å²) in [6.07, 6.45) is 22.5. The Hall–Kier alpha value is -0.810. The van der Waals surface area contributed by atoms with Crippen LogP contribution in [0.1, 0.15) is 181 Å². The number of hydrogen-bond donors (Lipinski definition) is 6. The maximum atomic E-state index is 12.9. The van der Waals surface area contributed by atoms with Crippen molar-refractivity contribution in [2.75, 3.05) is 13.2 Å². The molecule has 9 heteroatoms. The van der Waals surface area contributed by atoms with Gasteiger partial charge in [-0.15, -0.1) is 0 Å². The first-order chi connectivity index (χ1) is 22.8. The monoisotopic (exact) mass is 674 g/mol. The molecule has 0 bridgehead atoms. The van der Waals surface area contributed by atoms with Gasteiger partial charge in [0.25, 0.3) is 0 Å². The fourth-order valence-corrected chi connectivity index (χ4v) is 6.45. The van der Waals surface area contributed by atoms with Crippen LogP contribution in [0.3, 0.4) is 0 Å². The van der Waals surface area contributed by atoms with E-state index in [0.717, 1.165) is 38.5 Å². The molecule has 0 radical (unpaired) electrons. The lowest BCUT2D eigenvalue weighted by Crippen LogP contribution is -2.60. The predicted molar refractivity (Wildman–Crippen MR) is 189 cm³/mol. The van der Waals surface area contributed by atoms with Crippen LogP contribution in [0.2, 0.25) is 0 Å². The van der Waals surface area contributed by atoms with Gasteiger partial charge in [-0.25, -0.2) is 0 Å². The Labute approximate surface area is 287 Å². The number of hydrogen-bond acceptors (Lipinski definition) is 8. The summed E-state index contributed by atoms with van der Waals surface area (Å²) in [6.45, 7) is 3.81. The predicted octanol–water partition coefficient (Wildman–Crippen LogP) is 6.83. The van der Waals surface area contributed by atoms with Gasteiger partial charge in [0.2, 0.25) is 5.91 Å². The Kier molecular flexibility index (Phi) is 28.3. The van der Waals surface area contributed by atoms with Crippen molar-refractivity contribution in [2.24, 2.45) is 0 Å². The second-order valence-corrected chi connectivity index (χ2v) is 14.1. The number of aliphatic hydroxyl groups is 5. The van der Waals surface area contributed by atoms with E-state index in [0.29, 0.717) is 12.8 Å². The molecule has 1 aliphatic rings. The third-order valence-electron chi connectivity index (χ3n) is 9.71. The zero-order valence-electron chi connectivity index (χ0n) is 30.3. The van der Waals surface area contributed by atoms with Crippen molar-refractivity contribution >= 4 is 5.91 Å². The number of aliphatic hydroxyl groups excluding tert-OH is 5. The van der Waals surface area contributed by atoms with Gasteiger partial charge in [-0.2, -0.15) is 0 Å². The molecule has 0 aromatic rings. The first-order valence-corrected chi connectivity index (χ1v) is 19.7. The van der Waals surface area contributed by atoms with Crippen molar-refractivity contribution in [3.63, 3.8) is 0 Å². The van der Waals surface area contributed by atoms with Gasteiger partial charge < -0.3 is 40.3 Å². The topological polar surface area (TPSA) is 149 Å². The van der Waals surface area contributed by atoms with E-state index >= 15 is 0 Å². The molecule has 47 heavy (non-hydrogen) atoms. The Morgan fingerprint density at radius 3 is 1.51 bits per heavy atom. The third-order valence-corrected chi connectivity index (χ3v) is 9.71. The lowest BCUT2D eigenvalue weighted by molar-refractivity contribution is -0.302. The minimum atomic E-state index is -1.55. The van der Waals surface area contributed by atoms with Gasteiger partial charge in [0.15, 0.2) is 6.29 Å². The largest absolute Gasteiger partial charge is 0.394 e. The zero-order chi connectivity index (χ0) is 34.5. The number of unbranched alkanes of at least 4 members (excludes halogenated alkanes) is 22. The maximum absolute atomic E-state index is 12.9. The lowest BCUT2D eigenvalue weighted by atomic mass is 9.99.